The number of aryl methyl sites for hydroxylation is 2. The van der Waals surface area contributed by atoms with Crippen molar-refractivity contribution >= 4 is 38.5 Å². The van der Waals surface area contributed by atoms with Gasteiger partial charge in [-0.3, -0.25) is 9.59 Å². The van der Waals surface area contributed by atoms with Crippen LogP contribution in [-0.2, 0) is 40.1 Å². The summed E-state index contributed by atoms with van der Waals surface area (Å²) in [6, 6.07) is 12.6. The van der Waals surface area contributed by atoms with E-state index in [0.29, 0.717) is 35.8 Å². The van der Waals surface area contributed by atoms with Crippen molar-refractivity contribution in [2.45, 2.75) is 43.8 Å². The van der Waals surface area contributed by atoms with Crippen LogP contribution in [0, 0.1) is 0 Å². The first-order valence-electron chi connectivity index (χ1n) is 13.9. The topological polar surface area (TPSA) is 137 Å². The predicted octanol–water partition coefficient (Wildman–Crippen LogP) is 3.59. The van der Waals surface area contributed by atoms with Gasteiger partial charge in [-0.1, -0.05) is 18.2 Å². The number of halogens is 3. The third kappa shape index (κ3) is 5.63. The van der Waals surface area contributed by atoms with Crippen molar-refractivity contribution in [3.8, 4) is 11.7 Å². The Balaban J connectivity index is 1.35. The Morgan fingerprint density at radius 2 is 1.98 bits per heavy atom. The third-order valence-electron chi connectivity index (χ3n) is 7.90. The predicted molar refractivity (Wildman–Crippen MR) is 155 cm³/mol. The van der Waals surface area contributed by atoms with Crippen molar-refractivity contribution in [3.05, 3.63) is 64.8 Å². The highest BCUT2D eigenvalue weighted by Gasteiger charge is 2.47. The molecule has 0 bridgehead atoms. The molecule has 1 atom stereocenters. The zero-order valence-electron chi connectivity index (χ0n) is 23.9. The lowest BCUT2D eigenvalue weighted by Crippen LogP contribution is -2.49. The minimum Gasteiger partial charge on any atom is -0.494 e. The van der Waals surface area contributed by atoms with E-state index in [4.69, 9.17) is 9.84 Å². The van der Waals surface area contributed by atoms with E-state index < -0.39 is 45.5 Å². The minimum atomic E-state index is -4.24. The summed E-state index contributed by atoms with van der Waals surface area (Å²) in [5.74, 6) is -1.32. The fourth-order valence-electron chi connectivity index (χ4n) is 6.02. The quantitative estimate of drug-likeness (QED) is 0.284. The van der Waals surface area contributed by atoms with Gasteiger partial charge < -0.3 is 19.9 Å². The van der Waals surface area contributed by atoms with Crippen molar-refractivity contribution < 1.29 is 35.9 Å². The number of para-hydroxylation sites is 2. The average molecular weight is 631 g/mol. The molecule has 1 aliphatic carbocycles. The fraction of sp³-hybridized carbons (Fsp3) is 0.379. The van der Waals surface area contributed by atoms with Crippen molar-refractivity contribution in [3.63, 3.8) is 0 Å². The number of anilines is 1. The van der Waals surface area contributed by atoms with E-state index in [-0.39, 0.29) is 30.8 Å². The lowest BCUT2D eigenvalue weighted by atomic mass is 9.82. The molecule has 1 spiro atoms. The Kier molecular flexibility index (Phi) is 7.18. The molecule has 15 heteroatoms. The zero-order chi connectivity index (χ0) is 31.4. The van der Waals surface area contributed by atoms with E-state index >= 15 is 0 Å². The molecule has 2 N–H and O–H groups in total. The number of hydrogen-bond acceptors (Lipinski definition) is 7. The molecule has 4 aromatic rings. The van der Waals surface area contributed by atoms with E-state index in [9.17, 15) is 31.2 Å². The van der Waals surface area contributed by atoms with Crippen LogP contribution < -0.4 is 15.4 Å². The van der Waals surface area contributed by atoms with E-state index in [2.05, 4.69) is 15.6 Å². The summed E-state index contributed by atoms with van der Waals surface area (Å²) in [4.78, 5) is 31.2. The molecule has 2 aromatic carbocycles. The molecule has 2 aliphatic rings. The number of sulfone groups is 1. The van der Waals surface area contributed by atoms with Gasteiger partial charge in [0, 0.05) is 26.1 Å². The Labute approximate surface area is 250 Å². The molecule has 44 heavy (non-hydrogen) atoms. The smallest absolute Gasteiger partial charge is 0.389 e. The molecule has 0 radical (unpaired) electrons. The number of nitrogens with zero attached hydrogens (tertiary/aromatic N) is 4. The summed E-state index contributed by atoms with van der Waals surface area (Å²) in [6.07, 6.45) is -2.96. The maximum atomic E-state index is 13.8. The zero-order valence-corrected chi connectivity index (χ0v) is 24.7. The van der Waals surface area contributed by atoms with Gasteiger partial charge in [-0.2, -0.15) is 23.0 Å². The van der Waals surface area contributed by atoms with Gasteiger partial charge in [-0.15, -0.1) is 0 Å². The number of aromatic nitrogens is 4. The molecular formula is C29H29F3N6O5S. The van der Waals surface area contributed by atoms with E-state index in [0.717, 1.165) is 22.9 Å². The van der Waals surface area contributed by atoms with Gasteiger partial charge in [0.1, 0.15) is 17.1 Å². The van der Waals surface area contributed by atoms with E-state index in [1.807, 2.05) is 30.3 Å². The largest absolute Gasteiger partial charge is 0.494 e. The fourth-order valence-corrected chi connectivity index (χ4v) is 6.56. The number of ether oxygens (including phenoxy) is 1. The number of carbonyl (C=O) groups is 2. The first-order valence-corrected chi connectivity index (χ1v) is 16.0. The Bertz CT molecular complexity index is 1920. The van der Waals surface area contributed by atoms with Crippen LogP contribution in [0.4, 0.5) is 19.0 Å². The van der Waals surface area contributed by atoms with Crippen LogP contribution in [0.2, 0.25) is 0 Å². The number of carbonyl (C=O) groups excluding carboxylic acids is 2. The van der Waals surface area contributed by atoms with Gasteiger partial charge in [-0.25, -0.2) is 13.4 Å². The van der Waals surface area contributed by atoms with Gasteiger partial charge in [-0.05, 0) is 54.7 Å². The molecule has 6 rings (SSSR count). The van der Waals surface area contributed by atoms with Crippen LogP contribution in [0.25, 0.3) is 17.0 Å². The molecule has 11 nitrogen and oxygen atoms in total. The van der Waals surface area contributed by atoms with Gasteiger partial charge in [0.15, 0.2) is 15.7 Å². The molecule has 3 heterocycles. The summed E-state index contributed by atoms with van der Waals surface area (Å²) in [6.45, 7) is -0.0724. The Morgan fingerprint density at radius 1 is 1.20 bits per heavy atom. The van der Waals surface area contributed by atoms with Crippen LogP contribution in [0.1, 0.15) is 46.4 Å². The highest BCUT2D eigenvalue weighted by atomic mass is 32.2. The highest BCUT2D eigenvalue weighted by Crippen LogP contribution is 2.44. The van der Waals surface area contributed by atoms with Gasteiger partial charge in [0.05, 0.1) is 28.9 Å². The summed E-state index contributed by atoms with van der Waals surface area (Å²) >= 11 is 0. The number of fused-ring (bicyclic) bond motifs is 4. The van der Waals surface area contributed by atoms with Crippen LogP contribution in [-0.4, -0.2) is 64.4 Å². The van der Waals surface area contributed by atoms with Crippen molar-refractivity contribution in [2.24, 2.45) is 7.05 Å². The number of benzene rings is 2. The lowest BCUT2D eigenvalue weighted by molar-refractivity contribution is -0.136. The minimum absolute atomic E-state index is 0.0141. The molecular weight excluding hydrogens is 601 g/mol. The summed E-state index contributed by atoms with van der Waals surface area (Å²) in [7, 11) is -1.89. The first-order chi connectivity index (χ1) is 20.7. The summed E-state index contributed by atoms with van der Waals surface area (Å²) in [5.41, 5.74) is 2.89. The van der Waals surface area contributed by atoms with Crippen LogP contribution in [0.15, 0.2) is 42.5 Å². The number of imidazole rings is 1. The van der Waals surface area contributed by atoms with Crippen LogP contribution >= 0.6 is 0 Å². The normalized spacial score (nSPS) is 17.9. The molecule has 232 valence electrons. The number of alkyl halides is 3. The number of amides is 2. The second kappa shape index (κ2) is 10.6. The van der Waals surface area contributed by atoms with Crippen LogP contribution in [0.3, 0.4) is 0 Å². The number of hydrogen-bond donors (Lipinski definition) is 2. The summed E-state index contributed by atoms with van der Waals surface area (Å²) < 4.78 is 69.8. The number of nitrogens with one attached hydrogen (secondary N) is 2. The molecule has 0 unspecified atom stereocenters. The van der Waals surface area contributed by atoms with Gasteiger partial charge in [0.25, 0.3) is 5.91 Å². The first kappa shape index (κ1) is 29.7. The molecule has 1 aliphatic heterocycles. The third-order valence-corrected chi connectivity index (χ3v) is 8.68. The van der Waals surface area contributed by atoms with Crippen molar-refractivity contribution in [1.82, 2.24) is 24.6 Å². The van der Waals surface area contributed by atoms with Crippen molar-refractivity contribution in [2.75, 3.05) is 23.9 Å². The monoisotopic (exact) mass is 630 g/mol. The summed E-state index contributed by atoms with van der Waals surface area (Å²) in [5, 5.41) is 10.4. The van der Waals surface area contributed by atoms with Gasteiger partial charge in [0.2, 0.25) is 11.9 Å². The molecule has 0 fully saturated rings. The molecule has 0 saturated heterocycles. The molecule has 0 saturated carbocycles. The van der Waals surface area contributed by atoms with E-state index in [1.54, 1.807) is 23.7 Å². The SMILES string of the molecule is Cn1c(-n2nc3c(c2NC(=O)CS(C)(=O)=O)C(=O)N[C@@]2(CCc4cc(OCCCC(F)(F)F)ccc42)C3)nc2ccccc21. The lowest BCUT2D eigenvalue weighted by Gasteiger charge is -2.35. The van der Waals surface area contributed by atoms with E-state index in [1.165, 1.54) is 4.68 Å². The Morgan fingerprint density at radius 3 is 2.70 bits per heavy atom. The van der Waals surface area contributed by atoms with Crippen molar-refractivity contribution in [1.29, 1.82) is 0 Å². The maximum Gasteiger partial charge on any atom is 0.389 e. The molecule has 2 aromatic heterocycles. The second-order valence-electron chi connectivity index (χ2n) is 11.3. The maximum absolute atomic E-state index is 13.8. The standard InChI is InChI=1S/C29H29F3N6O5S/c1-37-22-7-4-3-6-20(22)33-27(37)38-25(34-23(39)16-44(2,41)42)24-21(36-38)15-28(35-26(24)40)12-10-17-14-18(8-9-19(17)28)43-13-5-11-29(30,31)32/h3-4,6-9,14H,5,10-13,15-16H2,1-2H3,(H,34,39)(H,35,40)/t28-/m0/s1. The highest BCUT2D eigenvalue weighted by molar-refractivity contribution is 7.91. The second-order valence-corrected chi connectivity index (χ2v) is 13.4. The average Bonchev–Trinajstić information content (AvgIpc) is 3.57. The number of rotatable bonds is 8. The Hall–Kier alpha value is -4.40. The molecule has 2 amide bonds. The van der Waals surface area contributed by atoms with Crippen LogP contribution in [0.5, 0.6) is 5.75 Å². The van der Waals surface area contributed by atoms with Gasteiger partial charge >= 0.3 is 6.18 Å².